The van der Waals surface area contributed by atoms with E-state index in [1.165, 1.54) is 18.5 Å². The van der Waals surface area contributed by atoms with Crippen LogP contribution in [-0.2, 0) is 0 Å². The van der Waals surface area contributed by atoms with Crippen LogP contribution in [0.2, 0.25) is 0 Å². The Balaban J connectivity index is 0.000000845. The van der Waals surface area contributed by atoms with Crippen molar-refractivity contribution in [2.75, 3.05) is 11.9 Å². The number of halogens is 2. The lowest BCUT2D eigenvalue weighted by Crippen LogP contribution is -2.02. The van der Waals surface area contributed by atoms with E-state index in [-0.39, 0.29) is 12.4 Å². The molecule has 0 heterocycles. The molecule has 1 N–H and O–H groups in total. The molecule has 0 aromatic heterocycles. The summed E-state index contributed by atoms with van der Waals surface area (Å²) in [5, 5.41) is 3.41. The Kier molecular flexibility index (Phi) is 4.07. The maximum absolute atomic E-state index is 3.41. The van der Waals surface area contributed by atoms with Crippen molar-refractivity contribution in [3.8, 4) is 0 Å². The van der Waals surface area contributed by atoms with E-state index in [0.29, 0.717) is 0 Å². The van der Waals surface area contributed by atoms with Crippen molar-refractivity contribution in [3.63, 3.8) is 0 Å². The molecule has 72 valence electrons. The first-order chi connectivity index (χ1) is 5.84. The van der Waals surface area contributed by atoms with E-state index >= 15 is 0 Å². The summed E-state index contributed by atoms with van der Waals surface area (Å²) in [6.45, 7) is 1.14. The van der Waals surface area contributed by atoms with Gasteiger partial charge in [0.05, 0.1) is 0 Å². The predicted molar refractivity (Wildman–Crippen MR) is 62.6 cm³/mol. The van der Waals surface area contributed by atoms with Crippen molar-refractivity contribution in [1.82, 2.24) is 0 Å². The molecular weight excluding hydrogens is 249 g/mol. The molecule has 0 atom stereocenters. The number of hydrogen-bond donors (Lipinski definition) is 1. The van der Waals surface area contributed by atoms with Crippen molar-refractivity contribution in [2.24, 2.45) is 5.92 Å². The molecular formula is C10H13BrClN. The van der Waals surface area contributed by atoms with Crippen LogP contribution in [-0.4, -0.2) is 6.54 Å². The van der Waals surface area contributed by atoms with Crippen LogP contribution in [0.3, 0.4) is 0 Å². The van der Waals surface area contributed by atoms with Crippen molar-refractivity contribution < 1.29 is 0 Å². The third-order valence-corrected chi connectivity index (χ3v) is 2.66. The monoisotopic (exact) mass is 261 g/mol. The predicted octanol–water partition coefficient (Wildman–Crippen LogP) is 3.69. The zero-order valence-electron chi connectivity index (χ0n) is 7.29. The summed E-state index contributed by atoms with van der Waals surface area (Å²) < 4.78 is 1.14. The van der Waals surface area contributed by atoms with Gasteiger partial charge in [-0.25, -0.2) is 0 Å². The van der Waals surface area contributed by atoms with Crippen LogP contribution >= 0.6 is 28.3 Å². The highest BCUT2D eigenvalue weighted by Gasteiger charge is 2.20. The number of rotatable bonds is 3. The lowest BCUT2D eigenvalue weighted by Gasteiger charge is -2.04. The molecule has 0 bridgehead atoms. The molecule has 1 aromatic carbocycles. The molecule has 3 heteroatoms. The van der Waals surface area contributed by atoms with E-state index < -0.39 is 0 Å². The van der Waals surface area contributed by atoms with Gasteiger partial charge in [-0.2, -0.15) is 0 Å². The third-order valence-electron chi connectivity index (χ3n) is 2.14. The molecule has 1 nitrogen and oxygen atoms in total. The highest BCUT2D eigenvalue weighted by molar-refractivity contribution is 9.10. The Morgan fingerprint density at radius 3 is 2.38 bits per heavy atom. The van der Waals surface area contributed by atoms with Crippen LogP contribution in [0, 0.1) is 5.92 Å². The summed E-state index contributed by atoms with van der Waals surface area (Å²) in [6.07, 6.45) is 2.81. The minimum Gasteiger partial charge on any atom is -0.385 e. The van der Waals surface area contributed by atoms with Gasteiger partial charge in [0.25, 0.3) is 0 Å². The average molecular weight is 263 g/mol. The van der Waals surface area contributed by atoms with Crippen LogP contribution in [0.15, 0.2) is 28.7 Å². The van der Waals surface area contributed by atoms with Crippen LogP contribution in [0.4, 0.5) is 5.69 Å². The molecule has 0 radical (unpaired) electrons. The van der Waals surface area contributed by atoms with E-state index in [1.807, 2.05) is 0 Å². The fourth-order valence-corrected chi connectivity index (χ4v) is 1.42. The lowest BCUT2D eigenvalue weighted by atomic mass is 10.3. The largest absolute Gasteiger partial charge is 0.385 e. The Hall–Kier alpha value is -0.210. The summed E-state index contributed by atoms with van der Waals surface area (Å²) in [6, 6.07) is 8.34. The van der Waals surface area contributed by atoms with Gasteiger partial charge in [0.2, 0.25) is 0 Å². The number of nitrogens with one attached hydrogen (secondary N) is 1. The topological polar surface area (TPSA) is 12.0 Å². The molecule has 0 aliphatic heterocycles. The minimum absolute atomic E-state index is 0. The second-order valence-electron chi connectivity index (χ2n) is 3.33. The normalized spacial score (nSPS) is 14.8. The van der Waals surface area contributed by atoms with E-state index in [1.54, 1.807) is 0 Å². The van der Waals surface area contributed by atoms with Gasteiger partial charge < -0.3 is 5.32 Å². The first kappa shape index (κ1) is 10.9. The molecule has 13 heavy (non-hydrogen) atoms. The van der Waals surface area contributed by atoms with Gasteiger partial charge in [0.1, 0.15) is 0 Å². The Morgan fingerprint density at radius 2 is 1.85 bits per heavy atom. The van der Waals surface area contributed by atoms with Crippen molar-refractivity contribution in [1.29, 1.82) is 0 Å². The molecule has 0 saturated heterocycles. The first-order valence-electron chi connectivity index (χ1n) is 4.34. The summed E-state index contributed by atoms with van der Waals surface area (Å²) in [5.74, 6) is 0.939. The van der Waals surface area contributed by atoms with E-state index in [0.717, 1.165) is 16.9 Å². The smallest absolute Gasteiger partial charge is 0.0341 e. The second-order valence-corrected chi connectivity index (χ2v) is 4.25. The van der Waals surface area contributed by atoms with Gasteiger partial charge in [0.15, 0.2) is 0 Å². The Morgan fingerprint density at radius 1 is 1.23 bits per heavy atom. The SMILES string of the molecule is Brc1ccc(NCC2CC2)cc1.Cl. The van der Waals surface area contributed by atoms with E-state index in [4.69, 9.17) is 0 Å². The van der Waals surface area contributed by atoms with Crippen molar-refractivity contribution in [3.05, 3.63) is 28.7 Å². The zero-order chi connectivity index (χ0) is 8.39. The number of hydrogen-bond acceptors (Lipinski definition) is 1. The van der Waals surface area contributed by atoms with Crippen LogP contribution in [0.25, 0.3) is 0 Å². The van der Waals surface area contributed by atoms with Crippen LogP contribution < -0.4 is 5.32 Å². The highest BCUT2D eigenvalue weighted by Crippen LogP contribution is 2.29. The van der Waals surface area contributed by atoms with Gasteiger partial charge in [-0.05, 0) is 43.0 Å². The molecule has 0 amide bonds. The average Bonchev–Trinajstić information content (AvgIpc) is 2.87. The molecule has 1 fully saturated rings. The molecule has 1 aromatic rings. The number of benzene rings is 1. The zero-order valence-corrected chi connectivity index (χ0v) is 9.70. The lowest BCUT2D eigenvalue weighted by molar-refractivity contribution is 0.889. The van der Waals surface area contributed by atoms with Gasteiger partial charge in [-0.3, -0.25) is 0 Å². The Labute approximate surface area is 93.5 Å². The van der Waals surface area contributed by atoms with Crippen molar-refractivity contribution >= 4 is 34.0 Å². The maximum Gasteiger partial charge on any atom is 0.0341 e. The highest BCUT2D eigenvalue weighted by atomic mass is 79.9. The quantitative estimate of drug-likeness (QED) is 0.876. The molecule has 1 aliphatic carbocycles. The minimum atomic E-state index is 0. The van der Waals surface area contributed by atoms with Gasteiger partial charge in [-0.15, -0.1) is 12.4 Å². The molecule has 2 rings (SSSR count). The van der Waals surface area contributed by atoms with Crippen LogP contribution in [0.1, 0.15) is 12.8 Å². The summed E-state index contributed by atoms with van der Waals surface area (Å²) in [4.78, 5) is 0. The van der Waals surface area contributed by atoms with E-state index in [9.17, 15) is 0 Å². The molecule has 1 saturated carbocycles. The van der Waals surface area contributed by atoms with Crippen molar-refractivity contribution in [2.45, 2.75) is 12.8 Å². The maximum atomic E-state index is 3.41. The fourth-order valence-electron chi connectivity index (χ4n) is 1.15. The molecule has 1 aliphatic rings. The molecule has 0 spiro atoms. The van der Waals surface area contributed by atoms with Crippen LogP contribution in [0.5, 0.6) is 0 Å². The summed E-state index contributed by atoms with van der Waals surface area (Å²) in [5.41, 5.74) is 1.23. The summed E-state index contributed by atoms with van der Waals surface area (Å²) >= 11 is 3.41. The second kappa shape index (κ2) is 4.87. The third kappa shape index (κ3) is 3.57. The van der Waals surface area contributed by atoms with Gasteiger partial charge in [0, 0.05) is 16.7 Å². The van der Waals surface area contributed by atoms with Gasteiger partial charge >= 0.3 is 0 Å². The standard InChI is InChI=1S/C10H12BrN.ClH/c11-9-3-5-10(6-4-9)12-7-8-1-2-8;/h3-6,8,12H,1-2,7H2;1H. The molecule has 0 unspecified atom stereocenters. The number of anilines is 1. The fraction of sp³-hybridized carbons (Fsp3) is 0.400. The first-order valence-corrected chi connectivity index (χ1v) is 5.13. The van der Waals surface area contributed by atoms with Gasteiger partial charge in [-0.1, -0.05) is 15.9 Å². The summed E-state index contributed by atoms with van der Waals surface area (Å²) in [7, 11) is 0. The Bertz CT molecular complexity index is 256. The van der Waals surface area contributed by atoms with E-state index in [2.05, 4.69) is 45.5 Å².